The molecule has 0 amide bonds. The van der Waals surface area contributed by atoms with Gasteiger partial charge in [-0.1, -0.05) is 19.3 Å². The molecule has 0 N–H and O–H groups in total. The van der Waals surface area contributed by atoms with Crippen LogP contribution in [0.1, 0.15) is 59.8 Å². The van der Waals surface area contributed by atoms with Crippen molar-refractivity contribution in [1.29, 1.82) is 0 Å². The first kappa shape index (κ1) is 18.6. The van der Waals surface area contributed by atoms with Crippen LogP contribution in [-0.4, -0.2) is 48.0 Å². The summed E-state index contributed by atoms with van der Waals surface area (Å²) in [7, 11) is 0. The average molecular weight is 290 g/mol. The molecular weight excluding hydrogens is 258 g/mol. The van der Waals surface area contributed by atoms with Crippen molar-refractivity contribution in [2.45, 2.75) is 65.8 Å². The van der Waals surface area contributed by atoms with Crippen LogP contribution in [0.3, 0.4) is 0 Å². The first-order chi connectivity index (χ1) is 8.76. The molecule has 0 aromatic carbocycles. The van der Waals surface area contributed by atoms with Gasteiger partial charge in [0.05, 0.1) is 6.04 Å². The second-order valence-electron chi connectivity index (χ2n) is 5.07. The summed E-state index contributed by atoms with van der Waals surface area (Å²) in [6, 6.07) is 0.565. The molecule has 1 rings (SSSR count). The van der Waals surface area contributed by atoms with E-state index in [1.54, 1.807) is 0 Å². The van der Waals surface area contributed by atoms with Crippen LogP contribution in [0, 0.1) is 0 Å². The third kappa shape index (κ3) is 5.60. The predicted molar refractivity (Wildman–Crippen MR) is 87.4 cm³/mol. The van der Waals surface area contributed by atoms with Crippen molar-refractivity contribution >= 4 is 18.4 Å². The van der Waals surface area contributed by atoms with Crippen LogP contribution < -0.4 is 0 Å². The van der Waals surface area contributed by atoms with Gasteiger partial charge in [-0.25, -0.2) is 4.99 Å². The minimum absolute atomic E-state index is 0. The summed E-state index contributed by atoms with van der Waals surface area (Å²) in [4.78, 5) is 9.90. The quantitative estimate of drug-likeness (QED) is 0.566. The molecule has 0 unspecified atom stereocenters. The molecule has 19 heavy (non-hydrogen) atoms. The van der Waals surface area contributed by atoms with Crippen molar-refractivity contribution in [2.75, 3.05) is 26.2 Å². The molecule has 4 heteroatoms. The van der Waals surface area contributed by atoms with Crippen molar-refractivity contribution in [3.63, 3.8) is 0 Å². The van der Waals surface area contributed by atoms with Crippen LogP contribution in [0.4, 0.5) is 0 Å². The molecule has 1 saturated carbocycles. The van der Waals surface area contributed by atoms with Gasteiger partial charge in [-0.05, 0) is 40.5 Å². The first-order valence-electron chi connectivity index (χ1n) is 7.84. The fourth-order valence-electron chi connectivity index (χ4n) is 2.75. The van der Waals surface area contributed by atoms with Crippen molar-refractivity contribution in [1.82, 2.24) is 9.80 Å². The lowest BCUT2D eigenvalue weighted by Gasteiger charge is -2.33. The van der Waals surface area contributed by atoms with Crippen molar-refractivity contribution < 1.29 is 0 Å². The molecule has 0 atom stereocenters. The third-order valence-electron chi connectivity index (χ3n) is 3.97. The van der Waals surface area contributed by atoms with Crippen molar-refractivity contribution in [2.24, 2.45) is 4.99 Å². The smallest absolute Gasteiger partial charge is 0.196 e. The van der Waals surface area contributed by atoms with E-state index < -0.39 is 0 Å². The van der Waals surface area contributed by atoms with Crippen LogP contribution in [0.2, 0.25) is 0 Å². The van der Waals surface area contributed by atoms with E-state index in [0.29, 0.717) is 6.04 Å². The lowest BCUT2D eigenvalue weighted by Crippen LogP contribution is -2.45. The first-order valence-corrected chi connectivity index (χ1v) is 7.84. The maximum absolute atomic E-state index is 5.09. The summed E-state index contributed by atoms with van der Waals surface area (Å²) < 4.78 is 0. The van der Waals surface area contributed by atoms with E-state index in [-0.39, 0.29) is 12.4 Å². The van der Waals surface area contributed by atoms with E-state index in [4.69, 9.17) is 4.99 Å². The highest BCUT2D eigenvalue weighted by Crippen LogP contribution is 2.21. The van der Waals surface area contributed by atoms with E-state index in [0.717, 1.165) is 26.2 Å². The highest BCUT2D eigenvalue weighted by Gasteiger charge is 2.18. The lowest BCUT2D eigenvalue weighted by atomic mass is 9.96. The van der Waals surface area contributed by atoms with Crippen LogP contribution in [-0.2, 0) is 0 Å². The van der Waals surface area contributed by atoms with E-state index in [1.807, 2.05) is 0 Å². The van der Waals surface area contributed by atoms with E-state index in [1.165, 1.54) is 38.1 Å². The fourth-order valence-corrected chi connectivity index (χ4v) is 2.75. The van der Waals surface area contributed by atoms with Gasteiger partial charge in [-0.3, -0.25) is 0 Å². The van der Waals surface area contributed by atoms with Gasteiger partial charge in [0.2, 0.25) is 0 Å². The monoisotopic (exact) mass is 289 g/mol. The molecule has 0 bridgehead atoms. The van der Waals surface area contributed by atoms with Crippen molar-refractivity contribution in [3.8, 4) is 0 Å². The van der Waals surface area contributed by atoms with Gasteiger partial charge in [-0.15, -0.1) is 12.4 Å². The zero-order chi connectivity index (χ0) is 13.4. The highest BCUT2D eigenvalue weighted by atomic mass is 35.5. The largest absolute Gasteiger partial charge is 0.343 e. The van der Waals surface area contributed by atoms with Gasteiger partial charge < -0.3 is 9.80 Å². The van der Waals surface area contributed by atoms with Gasteiger partial charge >= 0.3 is 0 Å². The minimum atomic E-state index is 0. The standard InChI is InChI=1S/C15H31N3.ClH/c1-5-17(6-2)15(18(7-3)8-4)16-14-12-10-9-11-13-14;/h14H,5-13H2,1-4H3;1H. The lowest BCUT2D eigenvalue weighted by molar-refractivity contribution is 0.338. The van der Waals surface area contributed by atoms with Gasteiger partial charge in [-0.2, -0.15) is 0 Å². The van der Waals surface area contributed by atoms with Crippen LogP contribution in [0.25, 0.3) is 0 Å². The second kappa shape index (κ2) is 10.4. The summed E-state index contributed by atoms with van der Waals surface area (Å²) in [5, 5.41) is 0. The number of halogens is 1. The Labute approximate surface area is 125 Å². The Morgan fingerprint density at radius 2 is 1.26 bits per heavy atom. The topological polar surface area (TPSA) is 18.8 Å². The number of hydrogen-bond acceptors (Lipinski definition) is 1. The molecule has 0 aliphatic heterocycles. The SMILES string of the molecule is CCN(CC)C(=NC1CCCCC1)N(CC)CC.Cl. The molecule has 0 radical (unpaired) electrons. The zero-order valence-electron chi connectivity index (χ0n) is 13.2. The molecule has 1 aliphatic rings. The molecule has 1 aliphatic carbocycles. The second-order valence-corrected chi connectivity index (χ2v) is 5.07. The fraction of sp³-hybridized carbons (Fsp3) is 0.933. The Hall–Kier alpha value is -0.440. The summed E-state index contributed by atoms with van der Waals surface area (Å²) >= 11 is 0. The Balaban J connectivity index is 0.00000324. The third-order valence-corrected chi connectivity index (χ3v) is 3.97. The summed E-state index contributed by atoms with van der Waals surface area (Å²) in [6.45, 7) is 13.1. The maximum atomic E-state index is 5.09. The van der Waals surface area contributed by atoms with Gasteiger partial charge in [0.1, 0.15) is 0 Å². The number of aliphatic imine (C=N–C) groups is 1. The predicted octanol–water partition coefficient (Wildman–Crippen LogP) is 3.78. The molecule has 0 aromatic heterocycles. The Morgan fingerprint density at radius 3 is 1.63 bits per heavy atom. The average Bonchev–Trinajstić information content (AvgIpc) is 2.42. The molecule has 0 saturated heterocycles. The molecule has 0 heterocycles. The summed E-state index contributed by atoms with van der Waals surface area (Å²) in [5.74, 6) is 1.23. The number of guanidine groups is 1. The molecule has 0 aromatic rings. The van der Waals surface area contributed by atoms with E-state index >= 15 is 0 Å². The van der Waals surface area contributed by atoms with Crippen LogP contribution in [0.5, 0.6) is 0 Å². The van der Waals surface area contributed by atoms with Gasteiger partial charge in [0.25, 0.3) is 0 Å². The van der Waals surface area contributed by atoms with Gasteiger partial charge in [0.15, 0.2) is 5.96 Å². The molecule has 1 fully saturated rings. The summed E-state index contributed by atoms with van der Waals surface area (Å²) in [6.07, 6.45) is 6.69. The van der Waals surface area contributed by atoms with Crippen LogP contribution >= 0.6 is 12.4 Å². The number of rotatable bonds is 5. The minimum Gasteiger partial charge on any atom is -0.343 e. The molecular formula is C15H32ClN3. The maximum Gasteiger partial charge on any atom is 0.196 e. The van der Waals surface area contributed by atoms with Crippen molar-refractivity contribution in [3.05, 3.63) is 0 Å². The normalized spacial score (nSPS) is 15.6. The summed E-state index contributed by atoms with van der Waals surface area (Å²) in [5.41, 5.74) is 0. The van der Waals surface area contributed by atoms with Gasteiger partial charge in [0, 0.05) is 26.2 Å². The van der Waals surface area contributed by atoms with E-state index in [9.17, 15) is 0 Å². The Bertz CT molecular complexity index is 228. The molecule has 0 spiro atoms. The zero-order valence-corrected chi connectivity index (χ0v) is 14.0. The molecule has 3 nitrogen and oxygen atoms in total. The number of nitrogens with zero attached hydrogens (tertiary/aromatic N) is 3. The Morgan fingerprint density at radius 1 is 0.842 bits per heavy atom. The number of hydrogen-bond donors (Lipinski definition) is 0. The van der Waals surface area contributed by atoms with Crippen LogP contribution in [0.15, 0.2) is 4.99 Å². The van der Waals surface area contributed by atoms with E-state index in [2.05, 4.69) is 37.5 Å². The highest BCUT2D eigenvalue weighted by molar-refractivity contribution is 5.85. The molecule has 114 valence electrons. The Kier molecular flexibility index (Phi) is 10.1.